The van der Waals surface area contributed by atoms with Crippen molar-refractivity contribution < 1.29 is 28.9 Å². The van der Waals surface area contributed by atoms with Crippen LogP contribution in [0.1, 0.15) is 18.7 Å². The number of hydrogen-bond donors (Lipinski definition) is 4. The van der Waals surface area contributed by atoms with Crippen LogP contribution >= 0.6 is 0 Å². The highest BCUT2D eigenvalue weighted by Crippen LogP contribution is 2.39. The Labute approximate surface area is 200 Å². The second-order valence-electron chi connectivity index (χ2n) is 7.92. The van der Waals surface area contributed by atoms with Crippen LogP contribution in [0.3, 0.4) is 0 Å². The number of fused-ring (bicyclic) bond motifs is 1. The number of carbonyl (C=O) groups is 2. The molecule has 2 aromatic rings. The highest BCUT2D eigenvalue weighted by molar-refractivity contribution is 5.87. The largest absolute Gasteiger partial charge is 0.480 e. The maximum atomic E-state index is 12.8. The summed E-state index contributed by atoms with van der Waals surface area (Å²) in [6, 6.07) is 10.7. The van der Waals surface area contributed by atoms with Gasteiger partial charge in [0, 0.05) is 19.3 Å². The number of carbonyl (C=O) groups excluding carboxylic acids is 1. The SMILES string of the molecule is CCNC(=O)Nc1ccn([C@@H]2O[C@H](CNCC(=O)O)C3O[C@H](/C=C/c4ccccc4)O[C@@H]32)c(=O)n1. The second kappa shape index (κ2) is 11.2. The predicted octanol–water partition coefficient (Wildman–Crippen LogP) is 0.780. The summed E-state index contributed by atoms with van der Waals surface area (Å²) in [5.74, 6) is -0.905. The Hall–Kier alpha value is -3.58. The second-order valence-corrected chi connectivity index (χ2v) is 7.92. The van der Waals surface area contributed by atoms with E-state index in [2.05, 4.69) is 20.9 Å². The molecule has 186 valence electrons. The molecule has 5 atom stereocenters. The summed E-state index contributed by atoms with van der Waals surface area (Å²) in [7, 11) is 0. The number of carboxylic acid groups (broad SMARTS) is 1. The van der Waals surface area contributed by atoms with Crippen molar-refractivity contribution in [2.45, 2.75) is 37.8 Å². The van der Waals surface area contributed by atoms with Gasteiger partial charge in [-0.3, -0.25) is 14.7 Å². The molecule has 1 unspecified atom stereocenters. The first-order chi connectivity index (χ1) is 16.9. The normalized spacial score (nSPS) is 25.5. The van der Waals surface area contributed by atoms with E-state index in [1.807, 2.05) is 36.4 Å². The fourth-order valence-corrected chi connectivity index (χ4v) is 3.91. The third-order valence-corrected chi connectivity index (χ3v) is 5.42. The summed E-state index contributed by atoms with van der Waals surface area (Å²) in [6.45, 7) is 2.13. The van der Waals surface area contributed by atoms with Crippen LogP contribution in [0.4, 0.5) is 10.6 Å². The van der Waals surface area contributed by atoms with Crippen LogP contribution in [0, 0.1) is 0 Å². The zero-order chi connectivity index (χ0) is 24.8. The third-order valence-electron chi connectivity index (χ3n) is 5.42. The molecule has 35 heavy (non-hydrogen) atoms. The summed E-state index contributed by atoms with van der Waals surface area (Å²) >= 11 is 0. The van der Waals surface area contributed by atoms with Crippen LogP contribution in [-0.2, 0) is 19.0 Å². The third kappa shape index (κ3) is 6.11. The summed E-state index contributed by atoms with van der Waals surface area (Å²) in [6.07, 6.45) is 1.81. The van der Waals surface area contributed by atoms with Gasteiger partial charge in [0.05, 0.1) is 6.54 Å². The first kappa shape index (κ1) is 24.5. The molecule has 0 aliphatic carbocycles. The number of amides is 2. The van der Waals surface area contributed by atoms with Crippen LogP contribution in [0.5, 0.6) is 0 Å². The van der Waals surface area contributed by atoms with E-state index in [1.54, 1.807) is 13.0 Å². The number of urea groups is 1. The maximum Gasteiger partial charge on any atom is 0.351 e. The highest BCUT2D eigenvalue weighted by atomic mass is 16.8. The smallest absolute Gasteiger partial charge is 0.351 e. The minimum Gasteiger partial charge on any atom is -0.480 e. The molecule has 0 bridgehead atoms. The Morgan fingerprint density at radius 2 is 1.91 bits per heavy atom. The number of aliphatic carboxylic acids is 1. The molecule has 3 heterocycles. The Balaban J connectivity index is 1.51. The number of carboxylic acids is 1. The van der Waals surface area contributed by atoms with Crippen molar-refractivity contribution in [3.63, 3.8) is 0 Å². The first-order valence-corrected chi connectivity index (χ1v) is 11.2. The number of aromatic nitrogens is 2. The lowest BCUT2D eigenvalue weighted by Crippen LogP contribution is -2.38. The average molecular weight is 485 g/mol. The Morgan fingerprint density at radius 3 is 2.63 bits per heavy atom. The summed E-state index contributed by atoms with van der Waals surface area (Å²) in [5.41, 5.74) is 0.328. The number of nitrogens with one attached hydrogen (secondary N) is 3. The molecule has 12 heteroatoms. The lowest BCUT2D eigenvalue weighted by atomic mass is 10.1. The van der Waals surface area contributed by atoms with Crippen LogP contribution in [0.2, 0.25) is 0 Å². The average Bonchev–Trinajstić information content (AvgIpc) is 3.38. The Bertz CT molecular complexity index is 1120. The molecule has 2 aliphatic heterocycles. The number of ether oxygens (including phenoxy) is 3. The zero-order valence-electron chi connectivity index (χ0n) is 19.0. The van der Waals surface area contributed by atoms with E-state index in [-0.39, 0.29) is 18.9 Å². The van der Waals surface area contributed by atoms with Gasteiger partial charge in [-0.1, -0.05) is 36.4 Å². The van der Waals surface area contributed by atoms with Crippen molar-refractivity contribution in [1.29, 1.82) is 0 Å². The number of benzene rings is 1. The van der Waals surface area contributed by atoms with E-state index < -0.39 is 48.5 Å². The number of rotatable bonds is 9. The molecule has 4 rings (SSSR count). The van der Waals surface area contributed by atoms with E-state index in [0.29, 0.717) is 6.54 Å². The monoisotopic (exact) mass is 485 g/mol. The standard InChI is InChI=1S/C23H27N5O7/c1-2-25-22(31)26-16-10-11-28(23(32)27-16)21-20-19(15(33-21)12-24-13-17(29)30)34-18(35-20)9-8-14-6-4-3-5-7-14/h3-11,15,18-21,24H,2,12-13H2,1H3,(H,29,30)(H2,25,26,27,31,32)/b9-8+/t15-,18+,19?,20+,21-/m1/s1. The summed E-state index contributed by atoms with van der Waals surface area (Å²) in [5, 5.41) is 16.8. The van der Waals surface area contributed by atoms with Gasteiger partial charge in [-0.25, -0.2) is 9.59 Å². The first-order valence-electron chi connectivity index (χ1n) is 11.2. The van der Waals surface area contributed by atoms with Gasteiger partial charge in [-0.15, -0.1) is 0 Å². The van der Waals surface area contributed by atoms with Gasteiger partial charge in [0.25, 0.3) is 0 Å². The maximum absolute atomic E-state index is 12.8. The molecule has 2 saturated heterocycles. The van der Waals surface area contributed by atoms with E-state index >= 15 is 0 Å². The molecule has 1 aromatic carbocycles. The van der Waals surface area contributed by atoms with Gasteiger partial charge in [-0.2, -0.15) is 4.98 Å². The molecule has 2 amide bonds. The molecule has 0 spiro atoms. The minimum absolute atomic E-state index is 0.0960. The highest BCUT2D eigenvalue weighted by Gasteiger charge is 2.53. The molecule has 12 nitrogen and oxygen atoms in total. The quantitative estimate of drug-likeness (QED) is 0.404. The van der Waals surface area contributed by atoms with Gasteiger partial charge < -0.3 is 30.0 Å². The predicted molar refractivity (Wildman–Crippen MR) is 125 cm³/mol. The summed E-state index contributed by atoms with van der Waals surface area (Å²) < 4.78 is 19.4. The lowest BCUT2D eigenvalue weighted by molar-refractivity contribution is -0.137. The zero-order valence-corrected chi connectivity index (χ0v) is 19.0. The molecular weight excluding hydrogens is 458 g/mol. The van der Waals surface area contributed by atoms with E-state index in [4.69, 9.17) is 19.3 Å². The fraction of sp³-hybridized carbons (Fsp3) is 0.391. The number of nitrogens with zero attached hydrogens (tertiary/aromatic N) is 2. The van der Waals surface area contributed by atoms with Crippen LogP contribution in [0.15, 0.2) is 53.5 Å². The van der Waals surface area contributed by atoms with Crippen LogP contribution in [0.25, 0.3) is 6.08 Å². The van der Waals surface area contributed by atoms with Crippen LogP contribution in [-0.4, -0.2) is 70.9 Å². The van der Waals surface area contributed by atoms with Gasteiger partial charge >= 0.3 is 17.7 Å². The van der Waals surface area contributed by atoms with Gasteiger partial charge in [0.15, 0.2) is 12.5 Å². The van der Waals surface area contributed by atoms with Crippen molar-refractivity contribution in [2.75, 3.05) is 25.0 Å². The van der Waals surface area contributed by atoms with Gasteiger partial charge in [0.2, 0.25) is 0 Å². The van der Waals surface area contributed by atoms with Gasteiger partial charge in [0.1, 0.15) is 24.1 Å². The molecule has 1 aromatic heterocycles. The molecule has 4 N–H and O–H groups in total. The molecule has 0 radical (unpaired) electrons. The molecular formula is C23H27N5O7. The van der Waals surface area contributed by atoms with E-state index in [9.17, 15) is 14.4 Å². The van der Waals surface area contributed by atoms with Crippen molar-refractivity contribution in [2.24, 2.45) is 0 Å². The number of hydrogen-bond acceptors (Lipinski definition) is 8. The van der Waals surface area contributed by atoms with Crippen molar-refractivity contribution in [1.82, 2.24) is 20.2 Å². The van der Waals surface area contributed by atoms with Crippen LogP contribution < -0.4 is 21.6 Å². The van der Waals surface area contributed by atoms with E-state index in [0.717, 1.165) is 5.56 Å². The van der Waals surface area contributed by atoms with Crippen molar-refractivity contribution in [3.05, 3.63) is 64.7 Å². The Kier molecular flexibility index (Phi) is 7.87. The molecule has 2 aliphatic rings. The molecule has 2 fully saturated rings. The molecule has 0 saturated carbocycles. The Morgan fingerprint density at radius 1 is 1.14 bits per heavy atom. The minimum atomic E-state index is -1.00. The van der Waals surface area contributed by atoms with Crippen molar-refractivity contribution >= 4 is 23.9 Å². The summed E-state index contributed by atoms with van der Waals surface area (Å²) in [4.78, 5) is 39.3. The van der Waals surface area contributed by atoms with Gasteiger partial charge in [-0.05, 0) is 24.6 Å². The van der Waals surface area contributed by atoms with E-state index in [1.165, 1.54) is 16.8 Å². The number of anilines is 1. The lowest BCUT2D eigenvalue weighted by Gasteiger charge is -2.21. The topological polar surface area (TPSA) is 153 Å². The van der Waals surface area contributed by atoms with Crippen molar-refractivity contribution in [3.8, 4) is 0 Å². The fourth-order valence-electron chi connectivity index (χ4n) is 3.91.